The van der Waals surface area contributed by atoms with Crippen LogP contribution in [0.15, 0.2) is 67.0 Å². The zero-order chi connectivity index (χ0) is 21.6. The van der Waals surface area contributed by atoms with Gasteiger partial charge in [-0.15, -0.1) is 0 Å². The molecule has 0 bridgehead atoms. The summed E-state index contributed by atoms with van der Waals surface area (Å²) in [7, 11) is 0. The molecule has 0 aliphatic carbocycles. The number of urea groups is 1. The van der Waals surface area contributed by atoms with E-state index in [1.54, 1.807) is 17.3 Å². The molecular formula is C23H22Cl2N4O2. The number of hydrogen-bond donors (Lipinski definition) is 1. The molecule has 0 radical (unpaired) electrons. The fraction of sp³-hybridized carbons (Fsp3) is 0.217. The molecule has 1 N–H and O–H groups in total. The minimum atomic E-state index is -0.135. The lowest BCUT2D eigenvalue weighted by Gasteiger charge is -2.36. The number of pyridine rings is 1. The van der Waals surface area contributed by atoms with Crippen LogP contribution in [0.2, 0.25) is 10.0 Å². The molecule has 4 rings (SSSR count). The van der Waals surface area contributed by atoms with Crippen molar-refractivity contribution < 1.29 is 9.53 Å². The molecule has 0 spiro atoms. The van der Waals surface area contributed by atoms with Crippen LogP contribution in [0.25, 0.3) is 0 Å². The predicted molar refractivity (Wildman–Crippen MR) is 124 cm³/mol. The van der Waals surface area contributed by atoms with Gasteiger partial charge in [-0.25, -0.2) is 4.79 Å². The molecule has 3 aromatic rings. The average Bonchev–Trinajstić information content (AvgIpc) is 2.80. The van der Waals surface area contributed by atoms with E-state index in [4.69, 9.17) is 27.9 Å². The van der Waals surface area contributed by atoms with Crippen molar-refractivity contribution in [2.45, 2.75) is 6.61 Å². The summed E-state index contributed by atoms with van der Waals surface area (Å²) >= 11 is 12.5. The molecule has 2 aromatic carbocycles. The van der Waals surface area contributed by atoms with E-state index in [2.05, 4.69) is 15.2 Å². The van der Waals surface area contributed by atoms with Crippen LogP contribution in [0, 0.1) is 0 Å². The Hall–Kier alpha value is -2.96. The van der Waals surface area contributed by atoms with Gasteiger partial charge in [0, 0.05) is 44.3 Å². The molecule has 2 heterocycles. The number of piperazine rings is 1. The van der Waals surface area contributed by atoms with Crippen LogP contribution in [0.4, 0.5) is 16.2 Å². The molecule has 1 aromatic heterocycles. The van der Waals surface area contributed by atoms with Crippen molar-refractivity contribution in [2.75, 3.05) is 36.4 Å². The Balaban J connectivity index is 1.28. The van der Waals surface area contributed by atoms with Gasteiger partial charge in [-0.2, -0.15) is 0 Å². The second kappa shape index (κ2) is 9.90. The first kappa shape index (κ1) is 21.3. The molecule has 8 heteroatoms. The Morgan fingerprint density at radius 2 is 1.58 bits per heavy atom. The largest absolute Gasteiger partial charge is 0.489 e. The number of nitrogens with zero attached hydrogens (tertiary/aromatic N) is 3. The van der Waals surface area contributed by atoms with Crippen molar-refractivity contribution in [1.82, 2.24) is 9.88 Å². The second-order valence-corrected chi connectivity index (χ2v) is 7.97. The summed E-state index contributed by atoms with van der Waals surface area (Å²) in [5.41, 5.74) is 2.59. The number of carbonyl (C=O) groups is 1. The van der Waals surface area contributed by atoms with Crippen molar-refractivity contribution in [3.8, 4) is 5.75 Å². The number of halogens is 2. The standard InChI is InChI=1S/C23H22Cl2N4O2/c24-20-14-26-15-21(25)22(20)28-10-12-29(13-11-28)23(30)27-18-6-8-19(9-7-18)31-16-17-4-2-1-3-5-17/h1-9,14-15H,10-13,16H2,(H,27,30). The number of benzene rings is 2. The third kappa shape index (κ3) is 5.40. The third-order valence-corrected chi connectivity index (χ3v) is 5.62. The van der Waals surface area contributed by atoms with E-state index in [-0.39, 0.29) is 6.03 Å². The number of carbonyl (C=O) groups excluding carboxylic acids is 1. The highest BCUT2D eigenvalue weighted by Gasteiger charge is 2.24. The van der Waals surface area contributed by atoms with E-state index in [1.165, 1.54) is 0 Å². The molecular weight excluding hydrogens is 435 g/mol. The number of hydrogen-bond acceptors (Lipinski definition) is 4. The predicted octanol–water partition coefficient (Wildman–Crippen LogP) is 5.32. The van der Waals surface area contributed by atoms with E-state index in [1.807, 2.05) is 54.6 Å². The normalized spacial score (nSPS) is 13.7. The van der Waals surface area contributed by atoms with E-state index in [0.717, 1.165) is 22.7 Å². The smallest absolute Gasteiger partial charge is 0.321 e. The number of nitrogens with one attached hydrogen (secondary N) is 1. The summed E-state index contributed by atoms with van der Waals surface area (Å²) < 4.78 is 5.79. The van der Waals surface area contributed by atoms with Crippen LogP contribution < -0.4 is 15.0 Å². The van der Waals surface area contributed by atoms with Gasteiger partial charge in [-0.1, -0.05) is 53.5 Å². The van der Waals surface area contributed by atoms with Crippen molar-refractivity contribution >= 4 is 40.6 Å². The number of amides is 2. The lowest BCUT2D eigenvalue weighted by atomic mass is 10.2. The SMILES string of the molecule is O=C(Nc1ccc(OCc2ccccc2)cc1)N1CCN(c2c(Cl)cncc2Cl)CC1. The zero-order valence-electron chi connectivity index (χ0n) is 16.8. The summed E-state index contributed by atoms with van der Waals surface area (Å²) in [6, 6.07) is 17.2. The van der Waals surface area contributed by atoms with Gasteiger partial charge in [0.05, 0.1) is 15.7 Å². The second-order valence-electron chi connectivity index (χ2n) is 7.15. The minimum Gasteiger partial charge on any atom is -0.489 e. The molecule has 0 atom stereocenters. The molecule has 160 valence electrons. The van der Waals surface area contributed by atoms with Crippen molar-refractivity contribution in [1.29, 1.82) is 0 Å². The molecule has 1 saturated heterocycles. The molecule has 0 unspecified atom stereocenters. The van der Waals surface area contributed by atoms with Crippen molar-refractivity contribution in [3.63, 3.8) is 0 Å². The Morgan fingerprint density at radius 3 is 2.23 bits per heavy atom. The van der Waals surface area contributed by atoms with Gasteiger partial charge in [0.25, 0.3) is 0 Å². The Bertz CT molecular complexity index is 1000. The number of anilines is 2. The maximum Gasteiger partial charge on any atom is 0.321 e. The van der Waals surface area contributed by atoms with Crippen LogP contribution in [0.3, 0.4) is 0 Å². The zero-order valence-corrected chi connectivity index (χ0v) is 18.3. The Kier molecular flexibility index (Phi) is 6.79. The fourth-order valence-electron chi connectivity index (χ4n) is 3.42. The van der Waals surface area contributed by atoms with Crippen LogP contribution in [0.1, 0.15) is 5.56 Å². The first-order valence-corrected chi connectivity index (χ1v) is 10.7. The van der Waals surface area contributed by atoms with Crippen LogP contribution in [-0.4, -0.2) is 42.1 Å². The highest BCUT2D eigenvalue weighted by atomic mass is 35.5. The van der Waals surface area contributed by atoms with Gasteiger partial charge >= 0.3 is 6.03 Å². The summed E-state index contributed by atoms with van der Waals surface area (Å²) in [6.07, 6.45) is 3.16. The monoisotopic (exact) mass is 456 g/mol. The van der Waals surface area contributed by atoms with Gasteiger partial charge in [0.1, 0.15) is 12.4 Å². The Morgan fingerprint density at radius 1 is 0.935 bits per heavy atom. The first-order chi connectivity index (χ1) is 15.1. The molecule has 0 saturated carbocycles. The lowest BCUT2D eigenvalue weighted by Crippen LogP contribution is -2.50. The van der Waals surface area contributed by atoms with E-state index in [9.17, 15) is 4.79 Å². The first-order valence-electron chi connectivity index (χ1n) is 9.97. The topological polar surface area (TPSA) is 57.7 Å². The molecule has 1 aliphatic heterocycles. The highest BCUT2D eigenvalue weighted by molar-refractivity contribution is 6.38. The number of ether oxygens (including phenoxy) is 1. The average molecular weight is 457 g/mol. The Labute approximate surface area is 191 Å². The van der Waals surface area contributed by atoms with Gasteiger partial charge in [-0.3, -0.25) is 4.98 Å². The van der Waals surface area contributed by atoms with Crippen molar-refractivity contribution in [2.24, 2.45) is 0 Å². The summed E-state index contributed by atoms with van der Waals surface area (Å²) in [5.74, 6) is 0.751. The van der Waals surface area contributed by atoms with Crippen LogP contribution >= 0.6 is 23.2 Å². The molecule has 2 amide bonds. The third-order valence-electron chi connectivity index (χ3n) is 5.07. The van der Waals surface area contributed by atoms with E-state index < -0.39 is 0 Å². The molecule has 1 aliphatic rings. The van der Waals surface area contributed by atoms with Gasteiger partial charge in [0.15, 0.2) is 0 Å². The van der Waals surface area contributed by atoms with Crippen LogP contribution in [-0.2, 0) is 6.61 Å². The lowest BCUT2D eigenvalue weighted by molar-refractivity contribution is 0.208. The van der Waals surface area contributed by atoms with Crippen LogP contribution in [0.5, 0.6) is 5.75 Å². The summed E-state index contributed by atoms with van der Waals surface area (Å²) in [6.45, 7) is 2.92. The summed E-state index contributed by atoms with van der Waals surface area (Å²) in [4.78, 5) is 20.5. The summed E-state index contributed by atoms with van der Waals surface area (Å²) in [5, 5.41) is 3.97. The maximum atomic E-state index is 12.6. The minimum absolute atomic E-state index is 0.135. The molecule has 1 fully saturated rings. The number of aromatic nitrogens is 1. The molecule has 31 heavy (non-hydrogen) atoms. The number of rotatable bonds is 5. The fourth-order valence-corrected chi connectivity index (χ4v) is 4.02. The quantitative estimate of drug-likeness (QED) is 0.564. The highest BCUT2D eigenvalue weighted by Crippen LogP contribution is 2.33. The van der Waals surface area contributed by atoms with Crippen molar-refractivity contribution in [3.05, 3.63) is 82.6 Å². The van der Waals surface area contributed by atoms with Gasteiger partial charge in [-0.05, 0) is 29.8 Å². The maximum absolute atomic E-state index is 12.6. The van der Waals surface area contributed by atoms with E-state index >= 15 is 0 Å². The van der Waals surface area contributed by atoms with Gasteiger partial charge < -0.3 is 19.9 Å². The molecule has 6 nitrogen and oxygen atoms in total. The van der Waals surface area contributed by atoms with Gasteiger partial charge in [0.2, 0.25) is 0 Å². The van der Waals surface area contributed by atoms with E-state index in [0.29, 0.717) is 42.8 Å².